The Morgan fingerprint density at radius 3 is 2.84 bits per heavy atom. The van der Waals surface area contributed by atoms with Crippen LogP contribution in [0.1, 0.15) is 30.7 Å². The summed E-state index contributed by atoms with van der Waals surface area (Å²) in [4.78, 5) is 29.7. The van der Waals surface area contributed by atoms with Crippen molar-refractivity contribution in [2.45, 2.75) is 38.8 Å². The maximum atomic E-state index is 12.2. The summed E-state index contributed by atoms with van der Waals surface area (Å²) in [6, 6.07) is 1.88. The molecule has 3 amide bonds. The van der Waals surface area contributed by atoms with Gasteiger partial charge in [-0.1, -0.05) is 5.16 Å². The molecule has 2 heterocycles. The summed E-state index contributed by atoms with van der Waals surface area (Å²) >= 11 is 0. The lowest BCUT2D eigenvalue weighted by Crippen LogP contribution is -2.41. The Morgan fingerprint density at radius 1 is 1.44 bits per heavy atom. The van der Waals surface area contributed by atoms with Crippen LogP contribution in [0.3, 0.4) is 0 Å². The Bertz CT molecular complexity index is 587. The normalized spacial score (nSPS) is 17.4. The number of rotatable bonds is 8. The average Bonchev–Trinajstić information content (AvgIpc) is 3.11. The lowest BCUT2D eigenvalue weighted by atomic mass is 10.1. The Hall–Kier alpha value is -2.09. The van der Waals surface area contributed by atoms with Crippen LogP contribution in [0.4, 0.5) is 4.79 Å². The van der Waals surface area contributed by atoms with Crippen molar-refractivity contribution in [3.8, 4) is 0 Å². The largest absolute Gasteiger partial charge is 0.359 e. The van der Waals surface area contributed by atoms with Gasteiger partial charge >= 0.3 is 6.03 Å². The van der Waals surface area contributed by atoms with E-state index in [0.717, 1.165) is 31.6 Å². The first-order chi connectivity index (χ1) is 11.9. The average molecular weight is 351 g/mol. The molecule has 140 valence electrons. The number of urea groups is 1. The van der Waals surface area contributed by atoms with Gasteiger partial charge in [-0.3, -0.25) is 4.79 Å². The van der Waals surface area contributed by atoms with Crippen molar-refractivity contribution in [3.05, 3.63) is 17.5 Å². The zero-order valence-corrected chi connectivity index (χ0v) is 15.6. The van der Waals surface area contributed by atoms with Gasteiger partial charge in [0.15, 0.2) is 5.76 Å². The molecule has 0 spiro atoms. The summed E-state index contributed by atoms with van der Waals surface area (Å²) in [5.41, 5.74) is 0.799. The van der Waals surface area contributed by atoms with E-state index >= 15 is 0 Å². The molecular weight excluding hydrogens is 322 g/mol. The van der Waals surface area contributed by atoms with E-state index < -0.39 is 0 Å². The predicted octanol–water partition coefficient (Wildman–Crippen LogP) is 1.07. The number of likely N-dealkylation sites (N-methyl/N-ethyl adjacent to an activating group) is 1. The smallest absolute Gasteiger partial charge is 0.317 e. The standard InChI is InChI=1S/C17H29N5O3/c1-13-11-15(25-19-13)12-21(4)17(24)18-8-7-14-5-6-16(23)22(14)10-9-20(2)3/h11,14H,5-10,12H2,1-4H3,(H,18,24)/t14-/m0/s1. The van der Waals surface area contributed by atoms with Crippen LogP contribution in [0, 0.1) is 6.92 Å². The van der Waals surface area contributed by atoms with E-state index in [1.165, 1.54) is 0 Å². The molecule has 1 aromatic rings. The molecule has 8 nitrogen and oxygen atoms in total. The van der Waals surface area contributed by atoms with Crippen molar-refractivity contribution < 1.29 is 14.1 Å². The van der Waals surface area contributed by atoms with Crippen molar-refractivity contribution in [3.63, 3.8) is 0 Å². The predicted molar refractivity (Wildman–Crippen MR) is 94.0 cm³/mol. The third-order valence-corrected chi connectivity index (χ3v) is 4.41. The van der Waals surface area contributed by atoms with Crippen LogP contribution in [0.5, 0.6) is 0 Å². The fraction of sp³-hybridized carbons (Fsp3) is 0.706. The number of likely N-dealkylation sites (tertiary alicyclic amines) is 1. The van der Waals surface area contributed by atoms with Crippen LogP contribution in [0.2, 0.25) is 0 Å². The highest BCUT2D eigenvalue weighted by molar-refractivity contribution is 5.78. The Balaban J connectivity index is 1.73. The number of carbonyl (C=O) groups is 2. The molecule has 0 aromatic carbocycles. The van der Waals surface area contributed by atoms with Gasteiger partial charge in [-0.2, -0.15) is 0 Å². The molecule has 0 aliphatic carbocycles. The molecule has 1 aliphatic heterocycles. The van der Waals surface area contributed by atoms with E-state index in [-0.39, 0.29) is 18.0 Å². The topological polar surface area (TPSA) is 81.9 Å². The van der Waals surface area contributed by atoms with Gasteiger partial charge in [-0.05, 0) is 33.9 Å². The fourth-order valence-corrected chi connectivity index (χ4v) is 2.99. The fourth-order valence-electron chi connectivity index (χ4n) is 2.99. The Labute approximate surface area is 149 Å². The maximum Gasteiger partial charge on any atom is 0.317 e. The second kappa shape index (κ2) is 8.84. The number of aryl methyl sites for hydroxylation is 1. The van der Waals surface area contributed by atoms with E-state index in [2.05, 4.69) is 15.4 Å². The number of nitrogens with zero attached hydrogens (tertiary/aromatic N) is 4. The maximum absolute atomic E-state index is 12.2. The zero-order chi connectivity index (χ0) is 18.4. The summed E-state index contributed by atoms with van der Waals surface area (Å²) < 4.78 is 5.12. The number of carbonyl (C=O) groups excluding carboxylic acids is 2. The molecule has 1 saturated heterocycles. The minimum atomic E-state index is -0.154. The summed E-state index contributed by atoms with van der Waals surface area (Å²) in [5.74, 6) is 0.877. The first kappa shape index (κ1) is 19.2. The third kappa shape index (κ3) is 5.74. The van der Waals surface area contributed by atoms with Crippen molar-refractivity contribution >= 4 is 11.9 Å². The molecule has 25 heavy (non-hydrogen) atoms. The quantitative estimate of drug-likeness (QED) is 0.757. The zero-order valence-electron chi connectivity index (χ0n) is 15.6. The second-order valence-electron chi connectivity index (χ2n) is 6.89. The van der Waals surface area contributed by atoms with Crippen molar-refractivity contribution in [2.75, 3.05) is 40.8 Å². The molecule has 2 rings (SSSR count). The molecule has 1 atom stereocenters. The SMILES string of the molecule is Cc1cc(CN(C)C(=O)NCC[C@@H]2CCC(=O)N2CCN(C)C)on1. The first-order valence-electron chi connectivity index (χ1n) is 8.72. The van der Waals surface area contributed by atoms with Gasteiger partial charge in [0.25, 0.3) is 0 Å². The number of nitrogens with one attached hydrogen (secondary N) is 1. The highest BCUT2D eigenvalue weighted by Crippen LogP contribution is 2.20. The van der Waals surface area contributed by atoms with Gasteiger partial charge in [0.2, 0.25) is 5.91 Å². The van der Waals surface area contributed by atoms with Crippen LogP contribution >= 0.6 is 0 Å². The van der Waals surface area contributed by atoms with Gasteiger partial charge < -0.3 is 24.5 Å². The van der Waals surface area contributed by atoms with Crippen molar-refractivity contribution in [1.29, 1.82) is 0 Å². The highest BCUT2D eigenvalue weighted by Gasteiger charge is 2.30. The van der Waals surface area contributed by atoms with E-state index in [0.29, 0.717) is 25.3 Å². The van der Waals surface area contributed by atoms with Crippen LogP contribution in [-0.4, -0.2) is 78.6 Å². The number of amides is 3. The van der Waals surface area contributed by atoms with E-state index in [4.69, 9.17) is 4.52 Å². The van der Waals surface area contributed by atoms with Gasteiger partial charge in [-0.25, -0.2) is 4.79 Å². The van der Waals surface area contributed by atoms with Crippen LogP contribution < -0.4 is 5.32 Å². The van der Waals surface area contributed by atoms with E-state index in [1.807, 2.05) is 32.0 Å². The molecular formula is C17H29N5O3. The van der Waals surface area contributed by atoms with Crippen molar-refractivity contribution in [2.24, 2.45) is 0 Å². The summed E-state index contributed by atoms with van der Waals surface area (Å²) in [5, 5.41) is 6.73. The first-order valence-corrected chi connectivity index (χ1v) is 8.72. The van der Waals surface area contributed by atoms with Gasteiger partial charge in [0.05, 0.1) is 12.2 Å². The molecule has 1 N–H and O–H groups in total. The minimum Gasteiger partial charge on any atom is -0.359 e. The van der Waals surface area contributed by atoms with Crippen molar-refractivity contribution in [1.82, 2.24) is 25.2 Å². The molecule has 1 aromatic heterocycles. The number of hydrogen-bond acceptors (Lipinski definition) is 5. The number of aromatic nitrogens is 1. The second-order valence-corrected chi connectivity index (χ2v) is 6.89. The molecule has 0 unspecified atom stereocenters. The molecule has 8 heteroatoms. The highest BCUT2D eigenvalue weighted by atomic mass is 16.5. The summed E-state index contributed by atoms with van der Waals surface area (Å²) in [6.45, 7) is 4.37. The van der Waals surface area contributed by atoms with Gasteiger partial charge in [-0.15, -0.1) is 0 Å². The Morgan fingerprint density at radius 2 is 2.20 bits per heavy atom. The molecule has 1 aliphatic rings. The van der Waals surface area contributed by atoms with Crippen LogP contribution in [0.25, 0.3) is 0 Å². The van der Waals surface area contributed by atoms with Crippen LogP contribution in [0.15, 0.2) is 10.6 Å². The summed E-state index contributed by atoms with van der Waals surface area (Å²) in [6.07, 6.45) is 2.26. The molecule has 0 bridgehead atoms. The molecule has 0 radical (unpaired) electrons. The minimum absolute atomic E-state index is 0.154. The van der Waals surface area contributed by atoms with E-state index in [1.54, 1.807) is 11.9 Å². The van der Waals surface area contributed by atoms with Crippen LogP contribution in [-0.2, 0) is 11.3 Å². The lowest BCUT2D eigenvalue weighted by Gasteiger charge is -2.26. The lowest BCUT2D eigenvalue weighted by molar-refractivity contribution is -0.129. The Kier molecular flexibility index (Phi) is 6.81. The molecule has 1 fully saturated rings. The van der Waals surface area contributed by atoms with Gasteiger partial charge in [0, 0.05) is 45.2 Å². The number of hydrogen-bond donors (Lipinski definition) is 1. The molecule has 0 saturated carbocycles. The van der Waals surface area contributed by atoms with Gasteiger partial charge in [0.1, 0.15) is 0 Å². The third-order valence-electron chi connectivity index (χ3n) is 4.41. The van der Waals surface area contributed by atoms with E-state index in [9.17, 15) is 9.59 Å². The summed E-state index contributed by atoms with van der Waals surface area (Å²) in [7, 11) is 5.72. The monoisotopic (exact) mass is 351 g/mol.